The minimum absolute atomic E-state index is 0.183. The zero-order valence-corrected chi connectivity index (χ0v) is 14.1. The number of hydrogen-bond donors (Lipinski definition) is 2. The Morgan fingerprint density at radius 3 is 2.70 bits per heavy atom. The molecule has 1 heterocycles. The Kier molecular flexibility index (Phi) is 4.89. The maximum atomic E-state index is 12.3. The van der Waals surface area contributed by atoms with Crippen LogP contribution in [-0.4, -0.2) is 21.5 Å². The maximum absolute atomic E-state index is 12.3. The molecular formula is C14H24N2O2S2. The largest absolute Gasteiger partial charge is 0.312 e. The molecule has 2 N–H and O–H groups in total. The van der Waals surface area contributed by atoms with Gasteiger partial charge < -0.3 is 5.32 Å². The molecular weight excluding hydrogens is 292 g/mol. The molecule has 0 bridgehead atoms. The van der Waals surface area contributed by atoms with Crippen molar-refractivity contribution < 1.29 is 8.42 Å². The minimum atomic E-state index is -3.36. The predicted octanol–water partition coefficient (Wildman–Crippen LogP) is 2.63. The fraction of sp³-hybridized carbons (Fsp3) is 0.714. The molecule has 0 amide bonds. The van der Waals surface area contributed by atoms with E-state index in [1.165, 1.54) is 0 Å². The van der Waals surface area contributed by atoms with E-state index in [9.17, 15) is 8.42 Å². The SMILES string of the molecule is CCCNCc1cc(S(=O)(=O)NCC2(C)CC2)c(C)s1. The molecule has 0 radical (unpaired) electrons. The zero-order valence-electron chi connectivity index (χ0n) is 12.5. The number of aryl methyl sites for hydroxylation is 1. The van der Waals surface area contributed by atoms with E-state index in [2.05, 4.69) is 23.9 Å². The summed E-state index contributed by atoms with van der Waals surface area (Å²) in [6, 6.07) is 1.81. The molecule has 4 nitrogen and oxygen atoms in total. The highest BCUT2D eigenvalue weighted by molar-refractivity contribution is 7.89. The molecule has 6 heteroatoms. The molecule has 114 valence electrons. The average Bonchev–Trinajstić information content (AvgIpc) is 3.00. The first-order valence-electron chi connectivity index (χ1n) is 7.16. The Bertz CT molecular complexity index is 560. The molecule has 2 rings (SSSR count). The lowest BCUT2D eigenvalue weighted by atomic mass is 10.2. The number of nitrogens with one attached hydrogen (secondary N) is 2. The van der Waals surface area contributed by atoms with Crippen LogP contribution in [0.1, 0.15) is 42.9 Å². The van der Waals surface area contributed by atoms with Crippen LogP contribution in [0.15, 0.2) is 11.0 Å². The Balaban J connectivity index is 2.02. The molecule has 1 aromatic heterocycles. The van der Waals surface area contributed by atoms with Gasteiger partial charge in [-0.15, -0.1) is 11.3 Å². The summed E-state index contributed by atoms with van der Waals surface area (Å²) in [5.74, 6) is 0. The number of sulfonamides is 1. The first kappa shape index (κ1) is 15.9. The van der Waals surface area contributed by atoms with Gasteiger partial charge >= 0.3 is 0 Å². The normalized spacial score (nSPS) is 17.4. The van der Waals surface area contributed by atoms with Gasteiger partial charge in [0.2, 0.25) is 10.0 Å². The van der Waals surface area contributed by atoms with Crippen molar-refractivity contribution in [1.29, 1.82) is 0 Å². The van der Waals surface area contributed by atoms with Gasteiger partial charge in [0, 0.05) is 22.8 Å². The van der Waals surface area contributed by atoms with E-state index in [-0.39, 0.29) is 5.41 Å². The average molecular weight is 316 g/mol. The molecule has 0 saturated heterocycles. The van der Waals surface area contributed by atoms with Crippen molar-refractivity contribution >= 4 is 21.4 Å². The van der Waals surface area contributed by atoms with E-state index in [1.807, 2.05) is 6.92 Å². The van der Waals surface area contributed by atoms with E-state index in [1.54, 1.807) is 17.4 Å². The molecule has 0 spiro atoms. The van der Waals surface area contributed by atoms with E-state index < -0.39 is 10.0 Å². The van der Waals surface area contributed by atoms with Crippen LogP contribution in [0.25, 0.3) is 0 Å². The van der Waals surface area contributed by atoms with E-state index in [0.29, 0.717) is 11.4 Å². The van der Waals surface area contributed by atoms with Gasteiger partial charge in [-0.05, 0) is 44.2 Å². The highest BCUT2D eigenvalue weighted by Crippen LogP contribution is 2.44. The van der Waals surface area contributed by atoms with Crippen LogP contribution < -0.4 is 10.0 Å². The Labute approximate surface area is 126 Å². The lowest BCUT2D eigenvalue weighted by Gasteiger charge is -2.10. The third-order valence-electron chi connectivity index (χ3n) is 3.73. The zero-order chi connectivity index (χ0) is 14.8. The summed E-state index contributed by atoms with van der Waals surface area (Å²) in [5, 5.41) is 3.30. The topological polar surface area (TPSA) is 58.2 Å². The fourth-order valence-corrected chi connectivity index (χ4v) is 4.81. The molecule has 0 aromatic carbocycles. The van der Waals surface area contributed by atoms with Gasteiger partial charge in [0.05, 0.1) is 4.90 Å². The summed E-state index contributed by atoms with van der Waals surface area (Å²) in [4.78, 5) is 2.39. The molecule has 1 aliphatic carbocycles. The van der Waals surface area contributed by atoms with Gasteiger partial charge in [0.15, 0.2) is 0 Å². The van der Waals surface area contributed by atoms with Crippen LogP contribution in [-0.2, 0) is 16.6 Å². The second-order valence-corrected chi connectivity index (χ2v) is 9.02. The Morgan fingerprint density at radius 1 is 1.40 bits per heavy atom. The molecule has 0 atom stereocenters. The van der Waals surface area contributed by atoms with Gasteiger partial charge in [0.25, 0.3) is 0 Å². The van der Waals surface area contributed by atoms with Crippen LogP contribution in [0.3, 0.4) is 0 Å². The van der Waals surface area contributed by atoms with Crippen LogP contribution >= 0.6 is 11.3 Å². The Morgan fingerprint density at radius 2 is 2.10 bits per heavy atom. The summed E-state index contributed by atoms with van der Waals surface area (Å²) in [7, 11) is -3.36. The highest BCUT2D eigenvalue weighted by atomic mass is 32.2. The summed E-state index contributed by atoms with van der Waals surface area (Å²) >= 11 is 1.56. The highest BCUT2D eigenvalue weighted by Gasteiger charge is 2.38. The third-order valence-corrected chi connectivity index (χ3v) is 6.44. The first-order chi connectivity index (χ1) is 9.36. The van der Waals surface area contributed by atoms with Crippen molar-refractivity contribution in [2.45, 2.75) is 51.5 Å². The smallest absolute Gasteiger partial charge is 0.241 e. The molecule has 0 unspecified atom stereocenters. The second-order valence-electron chi connectivity index (χ2n) is 5.95. The lowest BCUT2D eigenvalue weighted by molar-refractivity contribution is 0.530. The molecule has 0 aliphatic heterocycles. The van der Waals surface area contributed by atoms with Gasteiger partial charge in [0.1, 0.15) is 0 Å². The van der Waals surface area contributed by atoms with Crippen molar-refractivity contribution in [2.24, 2.45) is 5.41 Å². The fourth-order valence-electron chi connectivity index (χ4n) is 2.00. The van der Waals surface area contributed by atoms with E-state index in [0.717, 1.165) is 42.1 Å². The second kappa shape index (κ2) is 6.13. The first-order valence-corrected chi connectivity index (χ1v) is 9.46. The lowest BCUT2D eigenvalue weighted by Crippen LogP contribution is -2.29. The van der Waals surface area contributed by atoms with Crippen LogP contribution in [0.2, 0.25) is 0 Å². The van der Waals surface area contributed by atoms with Crippen LogP contribution in [0.4, 0.5) is 0 Å². The van der Waals surface area contributed by atoms with Crippen molar-refractivity contribution in [3.63, 3.8) is 0 Å². The summed E-state index contributed by atoms with van der Waals surface area (Å²) < 4.78 is 27.4. The van der Waals surface area contributed by atoms with Gasteiger partial charge in [-0.3, -0.25) is 0 Å². The minimum Gasteiger partial charge on any atom is -0.312 e. The van der Waals surface area contributed by atoms with Crippen LogP contribution in [0, 0.1) is 12.3 Å². The molecule has 20 heavy (non-hydrogen) atoms. The Hall–Kier alpha value is -0.430. The number of hydrogen-bond acceptors (Lipinski definition) is 4. The number of rotatable bonds is 8. The monoisotopic (exact) mass is 316 g/mol. The predicted molar refractivity (Wildman–Crippen MR) is 83.6 cm³/mol. The van der Waals surface area contributed by atoms with E-state index in [4.69, 9.17) is 0 Å². The summed E-state index contributed by atoms with van der Waals surface area (Å²) in [6.07, 6.45) is 3.31. The van der Waals surface area contributed by atoms with Gasteiger partial charge in [-0.25, -0.2) is 13.1 Å². The molecule has 1 aromatic rings. The summed E-state index contributed by atoms with van der Waals surface area (Å²) in [6.45, 7) is 8.36. The summed E-state index contributed by atoms with van der Waals surface area (Å²) in [5.41, 5.74) is 0.183. The van der Waals surface area contributed by atoms with Crippen LogP contribution in [0.5, 0.6) is 0 Å². The van der Waals surface area contributed by atoms with Crippen molar-refractivity contribution in [1.82, 2.24) is 10.0 Å². The van der Waals surface area contributed by atoms with Crippen molar-refractivity contribution in [3.05, 3.63) is 15.8 Å². The van der Waals surface area contributed by atoms with E-state index >= 15 is 0 Å². The maximum Gasteiger partial charge on any atom is 0.241 e. The van der Waals surface area contributed by atoms with Crippen molar-refractivity contribution in [3.8, 4) is 0 Å². The molecule has 1 fully saturated rings. The molecule has 1 aliphatic rings. The van der Waals surface area contributed by atoms with Gasteiger partial charge in [-0.1, -0.05) is 13.8 Å². The standard InChI is InChI=1S/C14H24N2O2S2/c1-4-7-15-9-12-8-13(11(2)19-12)20(17,18)16-10-14(3)5-6-14/h8,15-16H,4-7,9-10H2,1-3H3. The molecule has 1 saturated carbocycles. The number of thiophene rings is 1. The van der Waals surface area contributed by atoms with Crippen molar-refractivity contribution in [2.75, 3.05) is 13.1 Å². The quantitative estimate of drug-likeness (QED) is 0.725. The third kappa shape index (κ3) is 4.04. The van der Waals surface area contributed by atoms with Gasteiger partial charge in [-0.2, -0.15) is 0 Å².